The second kappa shape index (κ2) is 6.92. The van der Waals surface area contributed by atoms with Crippen LogP contribution in [-0.2, 0) is 10.0 Å². The van der Waals surface area contributed by atoms with E-state index >= 15 is 0 Å². The van der Waals surface area contributed by atoms with Crippen LogP contribution in [0.2, 0.25) is 0 Å². The lowest BCUT2D eigenvalue weighted by Crippen LogP contribution is -2.15. The summed E-state index contributed by atoms with van der Waals surface area (Å²) in [4.78, 5) is 0. The average molecular weight is 315 g/mol. The van der Waals surface area contributed by atoms with Crippen molar-refractivity contribution >= 4 is 15.9 Å². The molecule has 112 valence electrons. The van der Waals surface area contributed by atoms with Crippen molar-refractivity contribution in [2.24, 2.45) is 0 Å². The molecule has 0 atom stereocenters. The standard InChI is InChI=1S/C17H14FNO2S/c1-22(20,21)19-13-17(18)16-10-6-5-9-15(16)12-11-14-7-3-2-4-8-14/h2-10,13,19H,1H3/b17-13+. The van der Waals surface area contributed by atoms with E-state index in [1.54, 1.807) is 24.3 Å². The maximum atomic E-state index is 14.1. The van der Waals surface area contributed by atoms with Crippen molar-refractivity contribution in [1.29, 1.82) is 0 Å². The Bertz CT molecular complexity index is 847. The van der Waals surface area contributed by atoms with Crippen LogP contribution in [-0.4, -0.2) is 14.7 Å². The molecule has 22 heavy (non-hydrogen) atoms. The van der Waals surface area contributed by atoms with E-state index in [2.05, 4.69) is 11.8 Å². The van der Waals surface area contributed by atoms with Crippen molar-refractivity contribution in [1.82, 2.24) is 4.72 Å². The summed E-state index contributed by atoms with van der Waals surface area (Å²) in [5.41, 5.74) is 1.54. The zero-order valence-corrected chi connectivity index (χ0v) is 12.7. The molecular formula is C17H14FNO2S. The van der Waals surface area contributed by atoms with Crippen LogP contribution in [0.3, 0.4) is 0 Å². The SMILES string of the molecule is CS(=O)(=O)N/C=C(/F)c1ccccc1C#Cc1ccccc1. The van der Waals surface area contributed by atoms with Crippen molar-refractivity contribution in [3.63, 3.8) is 0 Å². The van der Waals surface area contributed by atoms with Gasteiger partial charge in [-0.3, -0.25) is 4.72 Å². The van der Waals surface area contributed by atoms with E-state index in [0.29, 0.717) is 5.56 Å². The molecule has 2 aromatic rings. The van der Waals surface area contributed by atoms with Gasteiger partial charge in [-0.25, -0.2) is 12.8 Å². The molecule has 0 amide bonds. The summed E-state index contributed by atoms with van der Waals surface area (Å²) in [7, 11) is -3.50. The van der Waals surface area contributed by atoms with E-state index in [1.165, 1.54) is 0 Å². The smallest absolute Gasteiger partial charge is 0.229 e. The molecule has 0 aliphatic rings. The first kappa shape index (κ1) is 15.8. The highest BCUT2D eigenvalue weighted by molar-refractivity contribution is 7.88. The van der Waals surface area contributed by atoms with Crippen molar-refractivity contribution in [2.45, 2.75) is 0 Å². The fourth-order valence-electron chi connectivity index (χ4n) is 1.70. The van der Waals surface area contributed by atoms with Gasteiger partial charge in [0, 0.05) is 22.9 Å². The van der Waals surface area contributed by atoms with Crippen LogP contribution >= 0.6 is 0 Å². The lowest BCUT2D eigenvalue weighted by molar-refractivity contribution is 0.596. The molecule has 3 nitrogen and oxygen atoms in total. The van der Waals surface area contributed by atoms with Crippen LogP contribution in [0.4, 0.5) is 4.39 Å². The first-order valence-corrected chi connectivity index (χ1v) is 8.34. The molecule has 0 bridgehead atoms. The zero-order valence-electron chi connectivity index (χ0n) is 11.9. The van der Waals surface area contributed by atoms with E-state index < -0.39 is 15.9 Å². The minimum Gasteiger partial charge on any atom is -0.288 e. The highest BCUT2D eigenvalue weighted by atomic mass is 32.2. The third kappa shape index (κ3) is 4.76. The van der Waals surface area contributed by atoms with E-state index in [1.807, 2.05) is 35.1 Å². The predicted molar refractivity (Wildman–Crippen MR) is 85.9 cm³/mol. The predicted octanol–water partition coefficient (Wildman–Crippen LogP) is 2.90. The van der Waals surface area contributed by atoms with Crippen LogP contribution in [0.25, 0.3) is 5.83 Å². The van der Waals surface area contributed by atoms with Crippen molar-refractivity contribution in [3.8, 4) is 11.8 Å². The number of rotatable bonds is 3. The minimum absolute atomic E-state index is 0.238. The lowest BCUT2D eigenvalue weighted by Gasteiger charge is -2.02. The summed E-state index contributed by atoms with van der Waals surface area (Å²) >= 11 is 0. The Morgan fingerprint density at radius 2 is 1.68 bits per heavy atom. The Kier molecular flexibility index (Phi) is 4.97. The number of halogens is 1. The Labute approximate surface area is 129 Å². The number of hydrogen-bond acceptors (Lipinski definition) is 2. The van der Waals surface area contributed by atoms with Crippen LogP contribution in [0.1, 0.15) is 16.7 Å². The Hall–Kier alpha value is -2.58. The van der Waals surface area contributed by atoms with Gasteiger partial charge in [0.1, 0.15) is 5.83 Å². The van der Waals surface area contributed by atoms with Crippen LogP contribution < -0.4 is 4.72 Å². The molecule has 0 aromatic heterocycles. The van der Waals surface area contributed by atoms with Crippen LogP contribution in [0.15, 0.2) is 60.8 Å². The fraction of sp³-hybridized carbons (Fsp3) is 0.0588. The Morgan fingerprint density at radius 3 is 2.36 bits per heavy atom. The molecule has 0 unspecified atom stereocenters. The summed E-state index contributed by atoms with van der Waals surface area (Å²) in [6, 6.07) is 16.0. The first-order chi connectivity index (χ1) is 10.5. The van der Waals surface area contributed by atoms with E-state index in [9.17, 15) is 12.8 Å². The molecule has 0 saturated heterocycles. The van der Waals surface area contributed by atoms with E-state index in [0.717, 1.165) is 18.0 Å². The van der Waals surface area contributed by atoms with Gasteiger partial charge < -0.3 is 0 Å². The number of benzene rings is 2. The summed E-state index contributed by atoms with van der Waals surface area (Å²) in [6.45, 7) is 0. The van der Waals surface area contributed by atoms with Crippen molar-refractivity contribution < 1.29 is 12.8 Å². The van der Waals surface area contributed by atoms with Gasteiger partial charge in [-0.05, 0) is 18.2 Å². The molecule has 0 aliphatic carbocycles. The Morgan fingerprint density at radius 1 is 1.05 bits per heavy atom. The number of nitrogens with one attached hydrogen (secondary N) is 1. The maximum Gasteiger partial charge on any atom is 0.229 e. The summed E-state index contributed by atoms with van der Waals surface area (Å²) in [5, 5.41) is 0. The van der Waals surface area contributed by atoms with E-state index in [4.69, 9.17) is 0 Å². The van der Waals surface area contributed by atoms with Gasteiger partial charge in [0.2, 0.25) is 10.0 Å². The van der Waals surface area contributed by atoms with Gasteiger partial charge in [-0.15, -0.1) is 0 Å². The molecule has 0 radical (unpaired) electrons. The molecule has 5 heteroatoms. The zero-order chi connectivity index (χ0) is 16.0. The summed E-state index contributed by atoms with van der Waals surface area (Å²) in [6.07, 6.45) is 1.77. The second-order valence-corrected chi connectivity index (χ2v) is 6.32. The minimum atomic E-state index is -3.50. The lowest BCUT2D eigenvalue weighted by atomic mass is 10.1. The third-order valence-electron chi connectivity index (χ3n) is 2.70. The summed E-state index contributed by atoms with van der Waals surface area (Å²) in [5.74, 6) is 5.15. The maximum absolute atomic E-state index is 14.1. The largest absolute Gasteiger partial charge is 0.288 e. The average Bonchev–Trinajstić information content (AvgIpc) is 2.51. The molecule has 0 fully saturated rings. The van der Waals surface area contributed by atoms with Gasteiger partial charge in [0.15, 0.2) is 0 Å². The molecule has 0 saturated carbocycles. The van der Waals surface area contributed by atoms with Gasteiger partial charge >= 0.3 is 0 Å². The molecule has 0 spiro atoms. The number of hydrogen-bond donors (Lipinski definition) is 1. The molecular weight excluding hydrogens is 301 g/mol. The topological polar surface area (TPSA) is 46.2 Å². The van der Waals surface area contributed by atoms with Crippen molar-refractivity contribution in [3.05, 3.63) is 77.5 Å². The molecule has 1 N–H and O–H groups in total. The van der Waals surface area contributed by atoms with Gasteiger partial charge in [-0.1, -0.05) is 48.2 Å². The van der Waals surface area contributed by atoms with Gasteiger partial charge in [-0.2, -0.15) is 0 Å². The molecule has 2 rings (SSSR count). The molecule has 0 heterocycles. The van der Waals surface area contributed by atoms with Gasteiger partial charge in [0.25, 0.3) is 0 Å². The Balaban J connectivity index is 2.34. The van der Waals surface area contributed by atoms with E-state index in [-0.39, 0.29) is 5.56 Å². The second-order valence-electron chi connectivity index (χ2n) is 4.54. The quantitative estimate of drug-likeness (QED) is 0.885. The number of sulfonamides is 1. The molecule has 2 aromatic carbocycles. The first-order valence-electron chi connectivity index (χ1n) is 6.45. The van der Waals surface area contributed by atoms with Crippen LogP contribution in [0, 0.1) is 11.8 Å². The third-order valence-corrected chi connectivity index (χ3v) is 3.25. The fourth-order valence-corrected chi connectivity index (χ4v) is 2.02. The van der Waals surface area contributed by atoms with Gasteiger partial charge in [0.05, 0.1) is 6.26 Å². The monoisotopic (exact) mass is 315 g/mol. The van der Waals surface area contributed by atoms with Crippen molar-refractivity contribution in [2.75, 3.05) is 6.26 Å². The highest BCUT2D eigenvalue weighted by Gasteiger charge is 2.06. The highest BCUT2D eigenvalue weighted by Crippen LogP contribution is 2.19. The normalized spacial score (nSPS) is 11.5. The molecule has 0 aliphatic heterocycles. The summed E-state index contributed by atoms with van der Waals surface area (Å²) < 4.78 is 38.2. The van der Waals surface area contributed by atoms with Crippen LogP contribution in [0.5, 0.6) is 0 Å².